The summed E-state index contributed by atoms with van der Waals surface area (Å²) in [5, 5.41) is 3.33. The molecule has 0 bridgehead atoms. The molecule has 10 aromatic rings. The third kappa shape index (κ3) is 4.92. The van der Waals surface area contributed by atoms with E-state index in [1.165, 1.54) is 61.2 Å². The maximum absolute atomic E-state index is 6.72. The van der Waals surface area contributed by atoms with Gasteiger partial charge in [-0.3, -0.25) is 0 Å². The molecule has 2 heterocycles. The molecule has 0 radical (unpaired) electrons. The van der Waals surface area contributed by atoms with Crippen molar-refractivity contribution < 1.29 is 4.42 Å². The minimum atomic E-state index is 0.0808. The van der Waals surface area contributed by atoms with Crippen LogP contribution in [0.3, 0.4) is 0 Å². The number of benzene rings is 8. The van der Waals surface area contributed by atoms with Crippen LogP contribution in [0.4, 0.5) is 0 Å². The Balaban J connectivity index is 1.07. The molecule has 0 atom stereocenters. The Morgan fingerprint density at radius 3 is 1.65 bits per heavy atom. The molecule has 1 aliphatic carbocycles. The van der Waals surface area contributed by atoms with Crippen LogP contribution in [-0.2, 0) is 0 Å². The van der Waals surface area contributed by atoms with Gasteiger partial charge in [0.2, 0.25) is 0 Å². The van der Waals surface area contributed by atoms with Gasteiger partial charge in [0, 0.05) is 27.6 Å². The molecular formula is C52H33NO. The lowest BCUT2D eigenvalue weighted by atomic mass is 9.87. The van der Waals surface area contributed by atoms with Gasteiger partial charge in [-0.15, -0.1) is 0 Å². The van der Waals surface area contributed by atoms with Crippen LogP contribution in [0.15, 0.2) is 199 Å². The molecule has 0 saturated heterocycles. The van der Waals surface area contributed by atoms with Gasteiger partial charge in [0.25, 0.3) is 0 Å². The van der Waals surface area contributed by atoms with Gasteiger partial charge < -0.3 is 4.42 Å². The van der Waals surface area contributed by atoms with Crippen molar-refractivity contribution in [1.82, 2.24) is 4.98 Å². The predicted molar refractivity (Wildman–Crippen MR) is 224 cm³/mol. The summed E-state index contributed by atoms with van der Waals surface area (Å²) in [6, 6.07) is 69.7. The Morgan fingerprint density at radius 2 is 0.981 bits per heavy atom. The zero-order valence-corrected chi connectivity index (χ0v) is 29.4. The second-order valence-electron chi connectivity index (χ2n) is 14.2. The van der Waals surface area contributed by atoms with Crippen LogP contribution in [0.1, 0.15) is 22.6 Å². The molecule has 54 heavy (non-hydrogen) atoms. The van der Waals surface area contributed by atoms with Gasteiger partial charge in [0.1, 0.15) is 11.2 Å². The van der Waals surface area contributed by atoms with E-state index in [0.717, 1.165) is 44.1 Å². The first-order chi connectivity index (χ1) is 26.8. The third-order valence-electron chi connectivity index (χ3n) is 11.2. The summed E-state index contributed by atoms with van der Waals surface area (Å²) in [4.78, 5) is 5.21. The largest absolute Gasteiger partial charge is 0.456 e. The topological polar surface area (TPSA) is 26.0 Å². The van der Waals surface area contributed by atoms with E-state index in [4.69, 9.17) is 9.40 Å². The number of fused-ring (bicyclic) bond motifs is 7. The summed E-state index contributed by atoms with van der Waals surface area (Å²) in [5.41, 5.74) is 18.4. The summed E-state index contributed by atoms with van der Waals surface area (Å²) in [5.74, 6) is 0.0808. The van der Waals surface area contributed by atoms with Gasteiger partial charge >= 0.3 is 0 Å². The maximum atomic E-state index is 6.72. The number of rotatable bonds is 5. The van der Waals surface area contributed by atoms with Crippen LogP contribution in [0, 0.1) is 0 Å². The molecular weight excluding hydrogens is 655 g/mol. The van der Waals surface area contributed by atoms with Crippen molar-refractivity contribution in [2.24, 2.45) is 0 Å². The summed E-state index contributed by atoms with van der Waals surface area (Å²) < 4.78 is 6.72. The lowest BCUT2D eigenvalue weighted by Gasteiger charge is -2.15. The quantitative estimate of drug-likeness (QED) is 0.180. The van der Waals surface area contributed by atoms with E-state index in [0.29, 0.717) is 0 Å². The van der Waals surface area contributed by atoms with Crippen molar-refractivity contribution >= 4 is 32.8 Å². The SMILES string of the molecule is c1ccc(-c2ccc3c(c2)-c2cc(-c4ccccc4)ccc2C3c2ccc3c(c2)oc2cccc(-c4cc(-c5ccccc5)c5ccccc5n4)c23)cc1. The number of furan rings is 1. The Hall–Kier alpha value is -7.03. The van der Waals surface area contributed by atoms with Crippen LogP contribution in [0.2, 0.25) is 0 Å². The molecule has 0 amide bonds. The van der Waals surface area contributed by atoms with Crippen molar-refractivity contribution in [1.29, 1.82) is 0 Å². The van der Waals surface area contributed by atoms with Crippen LogP contribution >= 0.6 is 0 Å². The number of aromatic nitrogens is 1. The number of hydrogen-bond donors (Lipinski definition) is 0. The van der Waals surface area contributed by atoms with Crippen molar-refractivity contribution in [3.8, 4) is 55.8 Å². The smallest absolute Gasteiger partial charge is 0.136 e. The molecule has 0 saturated carbocycles. The van der Waals surface area contributed by atoms with Gasteiger partial charge in [0.05, 0.1) is 11.2 Å². The average Bonchev–Trinajstić information content (AvgIpc) is 3.79. The number of hydrogen-bond acceptors (Lipinski definition) is 2. The van der Waals surface area contributed by atoms with Gasteiger partial charge in [-0.25, -0.2) is 4.98 Å². The molecule has 0 fully saturated rings. The van der Waals surface area contributed by atoms with E-state index in [1.54, 1.807) is 0 Å². The Kier molecular flexibility index (Phi) is 6.96. The van der Waals surface area contributed by atoms with Gasteiger partial charge in [-0.05, 0) is 97.6 Å². The number of pyridine rings is 1. The van der Waals surface area contributed by atoms with Gasteiger partial charge in [-0.2, -0.15) is 0 Å². The van der Waals surface area contributed by atoms with E-state index >= 15 is 0 Å². The summed E-state index contributed by atoms with van der Waals surface area (Å²) in [6.07, 6.45) is 0. The monoisotopic (exact) mass is 687 g/mol. The molecule has 252 valence electrons. The van der Waals surface area contributed by atoms with E-state index in [9.17, 15) is 0 Å². The Bertz CT molecular complexity index is 2940. The first kappa shape index (κ1) is 30.6. The van der Waals surface area contributed by atoms with Crippen LogP contribution in [0.5, 0.6) is 0 Å². The minimum absolute atomic E-state index is 0.0808. The molecule has 2 aromatic heterocycles. The van der Waals surface area contributed by atoms with E-state index in [1.807, 2.05) is 0 Å². The summed E-state index contributed by atoms with van der Waals surface area (Å²) in [7, 11) is 0. The first-order valence-corrected chi connectivity index (χ1v) is 18.6. The fourth-order valence-electron chi connectivity index (χ4n) is 8.63. The molecule has 2 heteroatoms. The van der Waals surface area contributed by atoms with Gasteiger partial charge in [0.15, 0.2) is 0 Å². The predicted octanol–water partition coefficient (Wildman–Crippen LogP) is 14.0. The lowest BCUT2D eigenvalue weighted by Crippen LogP contribution is -1.99. The highest BCUT2D eigenvalue weighted by molar-refractivity contribution is 6.13. The fraction of sp³-hybridized carbons (Fsp3) is 0.0192. The fourth-order valence-corrected chi connectivity index (χ4v) is 8.63. The maximum Gasteiger partial charge on any atom is 0.136 e. The van der Waals surface area contributed by atoms with Crippen molar-refractivity contribution in [3.05, 3.63) is 211 Å². The standard InChI is InChI=1S/C52H33NO/c1-4-13-33(14-5-1)36-23-26-40-45(29-36)46-30-37(34-15-6-2-7-16-34)24-27-41(46)51(40)38-25-28-43-50(31-38)54-49-22-12-20-42(52(43)49)48-32-44(35-17-8-3-9-18-35)39-19-10-11-21-47(39)53-48/h1-32,51H. The first-order valence-electron chi connectivity index (χ1n) is 18.6. The average molecular weight is 688 g/mol. The van der Waals surface area contributed by atoms with Crippen molar-refractivity contribution in [2.75, 3.05) is 0 Å². The molecule has 8 aromatic carbocycles. The molecule has 0 aliphatic heterocycles. The van der Waals surface area contributed by atoms with E-state index in [2.05, 4.69) is 194 Å². The van der Waals surface area contributed by atoms with E-state index in [-0.39, 0.29) is 5.92 Å². The van der Waals surface area contributed by atoms with Crippen molar-refractivity contribution in [3.63, 3.8) is 0 Å². The second kappa shape index (κ2) is 12.3. The number of nitrogens with zero attached hydrogens (tertiary/aromatic N) is 1. The highest BCUT2D eigenvalue weighted by Gasteiger charge is 2.31. The van der Waals surface area contributed by atoms with E-state index < -0.39 is 0 Å². The molecule has 11 rings (SSSR count). The Morgan fingerprint density at radius 1 is 0.370 bits per heavy atom. The van der Waals surface area contributed by atoms with Crippen LogP contribution in [-0.4, -0.2) is 4.98 Å². The second-order valence-corrected chi connectivity index (χ2v) is 14.2. The summed E-state index contributed by atoms with van der Waals surface area (Å²) in [6.45, 7) is 0. The van der Waals surface area contributed by atoms with Gasteiger partial charge in [-0.1, -0.05) is 158 Å². The van der Waals surface area contributed by atoms with Crippen LogP contribution < -0.4 is 0 Å². The zero-order valence-electron chi connectivity index (χ0n) is 29.4. The normalized spacial score (nSPS) is 12.4. The molecule has 0 N–H and O–H groups in total. The minimum Gasteiger partial charge on any atom is -0.456 e. The summed E-state index contributed by atoms with van der Waals surface area (Å²) >= 11 is 0. The van der Waals surface area contributed by atoms with Crippen LogP contribution in [0.25, 0.3) is 88.6 Å². The molecule has 1 aliphatic rings. The molecule has 0 spiro atoms. The lowest BCUT2D eigenvalue weighted by molar-refractivity contribution is 0.668. The Labute approximate surface area is 313 Å². The third-order valence-corrected chi connectivity index (χ3v) is 11.2. The number of para-hydroxylation sites is 1. The highest BCUT2D eigenvalue weighted by atomic mass is 16.3. The van der Waals surface area contributed by atoms with Crippen molar-refractivity contribution in [2.45, 2.75) is 5.92 Å². The molecule has 0 unspecified atom stereocenters. The highest BCUT2D eigenvalue weighted by Crippen LogP contribution is 2.51. The zero-order chi connectivity index (χ0) is 35.6. The molecule has 2 nitrogen and oxygen atoms in total.